The minimum Gasteiger partial charge on any atom is -0.321 e. The molecule has 92 valence electrons. The number of carbonyl (C=O) groups excluding carboxylic acids is 1. The third-order valence-electron chi connectivity index (χ3n) is 2.42. The van der Waals surface area contributed by atoms with Crippen LogP contribution in [-0.4, -0.2) is 10.8 Å². The molecule has 0 aliphatic carbocycles. The van der Waals surface area contributed by atoms with E-state index < -0.39 is 4.92 Å². The lowest BCUT2D eigenvalue weighted by Crippen LogP contribution is -2.08. The average Bonchev–Trinajstić information content (AvgIpc) is 2.26. The molecule has 0 fully saturated rings. The molecule has 1 amide bonds. The Labute approximate surface area is 108 Å². The third-order valence-corrected chi connectivity index (χ3v) is 2.66. The number of hydrogen-bond acceptors (Lipinski definition) is 3. The van der Waals surface area contributed by atoms with Crippen LogP contribution in [0.5, 0.6) is 0 Å². The van der Waals surface area contributed by atoms with Crippen molar-refractivity contribution in [1.29, 1.82) is 0 Å². The molecular weight excluding hydrogens is 256 g/mol. The molecule has 0 unspecified atom stereocenters. The molecule has 0 spiro atoms. The smallest absolute Gasteiger partial charge is 0.293 e. The summed E-state index contributed by atoms with van der Waals surface area (Å²) in [6.45, 7) is 1.30. The van der Waals surface area contributed by atoms with Crippen molar-refractivity contribution < 1.29 is 9.72 Å². The zero-order valence-electron chi connectivity index (χ0n) is 9.44. The first-order chi connectivity index (χ1) is 8.47. The number of fused-ring (bicyclic) bond motifs is 1. The van der Waals surface area contributed by atoms with Crippen LogP contribution in [0.15, 0.2) is 30.3 Å². The van der Waals surface area contributed by atoms with Crippen LogP contribution in [0.4, 0.5) is 11.4 Å². The standard InChI is InChI=1S/C12H9ClN2O3/c1-7(16)14-11-5-9-4-10(13)3-2-8(9)6-12(11)15(17)18/h2-6H,1H3,(H,14,16). The quantitative estimate of drug-likeness (QED) is 0.668. The Hall–Kier alpha value is -2.14. The first kappa shape index (κ1) is 12.3. The first-order valence-corrected chi connectivity index (χ1v) is 5.50. The molecule has 0 aliphatic heterocycles. The summed E-state index contributed by atoms with van der Waals surface area (Å²) in [4.78, 5) is 21.4. The van der Waals surface area contributed by atoms with Gasteiger partial charge in [0.05, 0.1) is 4.92 Å². The fourth-order valence-electron chi connectivity index (χ4n) is 1.70. The summed E-state index contributed by atoms with van der Waals surface area (Å²) >= 11 is 5.86. The summed E-state index contributed by atoms with van der Waals surface area (Å²) < 4.78 is 0. The topological polar surface area (TPSA) is 72.2 Å². The maximum atomic E-state index is 11.0. The van der Waals surface area contributed by atoms with E-state index in [2.05, 4.69) is 5.32 Å². The predicted octanol–water partition coefficient (Wildman–Crippen LogP) is 3.36. The summed E-state index contributed by atoms with van der Waals surface area (Å²) in [5.74, 6) is -0.362. The van der Waals surface area contributed by atoms with E-state index in [0.717, 1.165) is 5.39 Å². The molecule has 2 aromatic rings. The number of nitrogens with zero attached hydrogens (tertiary/aromatic N) is 1. The van der Waals surface area contributed by atoms with Crippen molar-refractivity contribution in [3.05, 3.63) is 45.5 Å². The van der Waals surface area contributed by atoms with Crippen molar-refractivity contribution in [2.24, 2.45) is 0 Å². The van der Waals surface area contributed by atoms with Gasteiger partial charge >= 0.3 is 0 Å². The average molecular weight is 265 g/mol. The second-order valence-corrected chi connectivity index (χ2v) is 4.24. The van der Waals surface area contributed by atoms with Gasteiger partial charge in [0.2, 0.25) is 5.91 Å². The van der Waals surface area contributed by atoms with Gasteiger partial charge in [-0.15, -0.1) is 0 Å². The number of nitro benzene ring substituents is 1. The lowest BCUT2D eigenvalue weighted by molar-refractivity contribution is -0.383. The largest absolute Gasteiger partial charge is 0.321 e. The van der Waals surface area contributed by atoms with Crippen LogP contribution < -0.4 is 5.32 Å². The molecule has 5 nitrogen and oxygen atoms in total. The second kappa shape index (κ2) is 4.62. The first-order valence-electron chi connectivity index (χ1n) is 5.12. The Bertz CT molecular complexity index is 655. The van der Waals surface area contributed by atoms with E-state index >= 15 is 0 Å². The molecule has 2 rings (SSSR count). The number of amides is 1. The molecule has 0 atom stereocenters. The van der Waals surface area contributed by atoms with Crippen LogP contribution in [-0.2, 0) is 4.79 Å². The van der Waals surface area contributed by atoms with Gasteiger partial charge in [-0.05, 0) is 29.0 Å². The SMILES string of the molecule is CC(=O)Nc1cc2cc(Cl)ccc2cc1[N+](=O)[O-]. The lowest BCUT2D eigenvalue weighted by Gasteiger charge is -2.06. The van der Waals surface area contributed by atoms with Gasteiger partial charge in [-0.1, -0.05) is 17.7 Å². The molecule has 18 heavy (non-hydrogen) atoms. The number of nitrogens with one attached hydrogen (secondary N) is 1. The summed E-state index contributed by atoms with van der Waals surface area (Å²) in [7, 11) is 0. The van der Waals surface area contributed by atoms with Crippen LogP contribution >= 0.6 is 11.6 Å². The molecule has 0 aliphatic rings. The molecule has 0 saturated heterocycles. The zero-order chi connectivity index (χ0) is 13.3. The van der Waals surface area contributed by atoms with Crippen LogP contribution in [0, 0.1) is 10.1 Å². The fourth-order valence-corrected chi connectivity index (χ4v) is 1.88. The highest BCUT2D eigenvalue weighted by Gasteiger charge is 2.16. The summed E-state index contributed by atoms with van der Waals surface area (Å²) in [6.07, 6.45) is 0. The van der Waals surface area contributed by atoms with E-state index in [9.17, 15) is 14.9 Å². The molecule has 2 aromatic carbocycles. The molecule has 0 aromatic heterocycles. The number of rotatable bonds is 2. The van der Waals surface area contributed by atoms with Gasteiger partial charge in [0.15, 0.2) is 0 Å². The van der Waals surface area contributed by atoms with Gasteiger partial charge in [0.1, 0.15) is 5.69 Å². The van der Waals surface area contributed by atoms with E-state index in [4.69, 9.17) is 11.6 Å². The highest BCUT2D eigenvalue weighted by molar-refractivity contribution is 6.31. The molecule has 1 N–H and O–H groups in total. The van der Waals surface area contributed by atoms with Gasteiger partial charge in [-0.25, -0.2) is 0 Å². The molecular formula is C12H9ClN2O3. The molecule has 0 bridgehead atoms. The molecule has 0 saturated carbocycles. The summed E-state index contributed by atoms with van der Waals surface area (Å²) in [6, 6.07) is 8.00. The zero-order valence-corrected chi connectivity index (χ0v) is 10.2. The van der Waals surface area contributed by atoms with Crippen LogP contribution in [0.25, 0.3) is 10.8 Å². The Morgan fingerprint density at radius 2 is 2.00 bits per heavy atom. The highest BCUT2D eigenvalue weighted by Crippen LogP contribution is 2.31. The monoisotopic (exact) mass is 264 g/mol. The fraction of sp³-hybridized carbons (Fsp3) is 0.0833. The number of benzene rings is 2. The summed E-state index contributed by atoms with van der Waals surface area (Å²) in [5.41, 5.74) is 0.0299. The van der Waals surface area contributed by atoms with E-state index in [1.54, 1.807) is 24.3 Å². The third kappa shape index (κ3) is 2.41. The van der Waals surface area contributed by atoms with E-state index in [0.29, 0.717) is 10.4 Å². The van der Waals surface area contributed by atoms with Crippen molar-refractivity contribution in [1.82, 2.24) is 0 Å². The predicted molar refractivity (Wildman–Crippen MR) is 69.9 cm³/mol. The van der Waals surface area contributed by atoms with Gasteiger partial charge in [0, 0.05) is 18.0 Å². The molecule has 0 heterocycles. The van der Waals surface area contributed by atoms with E-state index in [1.807, 2.05) is 0 Å². The number of halogens is 1. The van der Waals surface area contributed by atoms with E-state index in [1.165, 1.54) is 13.0 Å². The Balaban J connectivity index is 2.68. The highest BCUT2D eigenvalue weighted by atomic mass is 35.5. The summed E-state index contributed by atoms with van der Waals surface area (Å²) in [5, 5.41) is 15.3. The van der Waals surface area contributed by atoms with E-state index in [-0.39, 0.29) is 17.3 Å². The van der Waals surface area contributed by atoms with Gasteiger partial charge < -0.3 is 5.32 Å². The number of nitro groups is 1. The van der Waals surface area contributed by atoms with Crippen LogP contribution in [0.3, 0.4) is 0 Å². The van der Waals surface area contributed by atoms with Crippen molar-refractivity contribution >= 4 is 39.7 Å². The van der Waals surface area contributed by atoms with Crippen molar-refractivity contribution in [3.63, 3.8) is 0 Å². The number of hydrogen-bond donors (Lipinski definition) is 1. The maximum absolute atomic E-state index is 11.0. The maximum Gasteiger partial charge on any atom is 0.293 e. The number of anilines is 1. The minimum atomic E-state index is -0.528. The Morgan fingerprint density at radius 1 is 1.28 bits per heavy atom. The second-order valence-electron chi connectivity index (χ2n) is 3.80. The number of carbonyl (C=O) groups is 1. The minimum absolute atomic E-state index is 0.139. The van der Waals surface area contributed by atoms with Crippen molar-refractivity contribution in [3.8, 4) is 0 Å². The van der Waals surface area contributed by atoms with Crippen molar-refractivity contribution in [2.45, 2.75) is 6.92 Å². The normalized spacial score (nSPS) is 10.3. The van der Waals surface area contributed by atoms with Gasteiger partial charge in [-0.3, -0.25) is 14.9 Å². The van der Waals surface area contributed by atoms with Crippen LogP contribution in [0.2, 0.25) is 5.02 Å². The van der Waals surface area contributed by atoms with Gasteiger partial charge in [-0.2, -0.15) is 0 Å². The van der Waals surface area contributed by atoms with Gasteiger partial charge in [0.25, 0.3) is 5.69 Å². The van der Waals surface area contributed by atoms with Crippen LogP contribution in [0.1, 0.15) is 6.92 Å². The molecule has 6 heteroatoms. The Morgan fingerprint density at radius 3 is 2.61 bits per heavy atom. The Kier molecular flexibility index (Phi) is 3.16. The van der Waals surface area contributed by atoms with Crippen molar-refractivity contribution in [2.75, 3.05) is 5.32 Å². The molecule has 0 radical (unpaired) electrons. The lowest BCUT2D eigenvalue weighted by atomic mass is 10.1.